The lowest BCUT2D eigenvalue weighted by Gasteiger charge is -2.61. The standard InChI is InChI=1S/C20H28N4O2/c1-13(25)23-20-9-14-6-15(10-20)8-19(7-14,12-20)18(26)22-16-4-5-17(21-11-16)24(2)3/h4-5,11,14-15H,6-10,12H2,1-3H3,(H,22,26)(H,23,25)/t14-,15+,19?,20?. The molecule has 140 valence electrons. The third-order valence-corrected chi connectivity index (χ3v) is 6.45. The van der Waals surface area contributed by atoms with E-state index in [9.17, 15) is 9.59 Å². The Labute approximate surface area is 154 Å². The minimum atomic E-state index is -0.354. The van der Waals surface area contributed by atoms with Crippen molar-refractivity contribution in [2.24, 2.45) is 17.3 Å². The molecule has 6 nitrogen and oxygen atoms in total. The van der Waals surface area contributed by atoms with Crippen LogP contribution in [0.4, 0.5) is 11.5 Å². The molecule has 4 bridgehead atoms. The second kappa shape index (κ2) is 5.96. The van der Waals surface area contributed by atoms with E-state index in [0.717, 1.165) is 43.6 Å². The maximum absolute atomic E-state index is 13.3. The van der Waals surface area contributed by atoms with Crippen molar-refractivity contribution in [3.05, 3.63) is 18.3 Å². The summed E-state index contributed by atoms with van der Waals surface area (Å²) in [5.41, 5.74) is 0.206. The van der Waals surface area contributed by atoms with Crippen LogP contribution in [0, 0.1) is 17.3 Å². The molecule has 4 aliphatic carbocycles. The molecule has 6 heteroatoms. The minimum Gasteiger partial charge on any atom is -0.363 e. The van der Waals surface area contributed by atoms with Crippen LogP contribution in [0.2, 0.25) is 0 Å². The molecule has 1 aromatic heterocycles. The molecule has 4 fully saturated rings. The third-order valence-electron chi connectivity index (χ3n) is 6.45. The van der Waals surface area contributed by atoms with Crippen LogP contribution < -0.4 is 15.5 Å². The van der Waals surface area contributed by atoms with E-state index < -0.39 is 0 Å². The average Bonchev–Trinajstić information content (AvgIpc) is 2.52. The second-order valence-electron chi connectivity index (χ2n) is 8.96. The molecule has 2 N–H and O–H groups in total. The fraction of sp³-hybridized carbons (Fsp3) is 0.650. The van der Waals surface area contributed by atoms with Gasteiger partial charge in [0, 0.05) is 26.6 Å². The van der Waals surface area contributed by atoms with Crippen LogP contribution in [0.15, 0.2) is 18.3 Å². The highest BCUT2D eigenvalue weighted by Crippen LogP contribution is 2.61. The summed E-state index contributed by atoms with van der Waals surface area (Å²) in [6.07, 6.45) is 7.63. The molecule has 4 atom stereocenters. The van der Waals surface area contributed by atoms with Crippen molar-refractivity contribution in [3.8, 4) is 0 Å². The van der Waals surface area contributed by atoms with Crippen LogP contribution in [0.25, 0.3) is 0 Å². The molecule has 1 aromatic rings. The molecule has 2 amide bonds. The van der Waals surface area contributed by atoms with Crippen molar-refractivity contribution in [2.75, 3.05) is 24.3 Å². The van der Waals surface area contributed by atoms with Gasteiger partial charge in [0.25, 0.3) is 0 Å². The van der Waals surface area contributed by atoms with Gasteiger partial charge >= 0.3 is 0 Å². The highest BCUT2D eigenvalue weighted by molar-refractivity contribution is 5.95. The molecule has 0 aliphatic heterocycles. The predicted octanol–water partition coefficient (Wildman–Crippen LogP) is 2.56. The van der Waals surface area contributed by atoms with Gasteiger partial charge in [0.15, 0.2) is 0 Å². The number of pyridine rings is 1. The Kier molecular flexibility index (Phi) is 3.97. The van der Waals surface area contributed by atoms with Gasteiger partial charge in [0.05, 0.1) is 17.3 Å². The maximum Gasteiger partial charge on any atom is 0.230 e. The van der Waals surface area contributed by atoms with Crippen LogP contribution in [-0.4, -0.2) is 36.4 Å². The number of hydrogen-bond acceptors (Lipinski definition) is 4. The fourth-order valence-corrected chi connectivity index (χ4v) is 6.04. The van der Waals surface area contributed by atoms with Crippen LogP contribution in [0.1, 0.15) is 45.4 Å². The highest BCUT2D eigenvalue weighted by atomic mass is 16.2. The zero-order chi connectivity index (χ0) is 18.5. The molecule has 0 spiro atoms. The number of rotatable bonds is 4. The lowest BCUT2D eigenvalue weighted by atomic mass is 9.46. The smallest absolute Gasteiger partial charge is 0.230 e. The van der Waals surface area contributed by atoms with Gasteiger partial charge in [-0.05, 0) is 62.5 Å². The van der Waals surface area contributed by atoms with Crippen LogP contribution >= 0.6 is 0 Å². The SMILES string of the molecule is CC(=O)NC12C[C@H]3C[C@@H](C1)CC(C(=O)Nc1ccc(N(C)C)nc1)(C3)C2. The number of anilines is 2. The predicted molar refractivity (Wildman–Crippen MR) is 101 cm³/mol. The number of nitrogens with zero attached hydrogens (tertiary/aromatic N) is 2. The molecule has 2 unspecified atom stereocenters. The molecule has 26 heavy (non-hydrogen) atoms. The number of amides is 2. The van der Waals surface area contributed by atoms with Crippen molar-refractivity contribution >= 4 is 23.3 Å². The summed E-state index contributed by atoms with van der Waals surface area (Å²) >= 11 is 0. The first kappa shape index (κ1) is 17.3. The van der Waals surface area contributed by atoms with Crippen molar-refractivity contribution in [1.29, 1.82) is 0 Å². The van der Waals surface area contributed by atoms with Crippen molar-refractivity contribution < 1.29 is 9.59 Å². The number of nitrogens with one attached hydrogen (secondary N) is 2. The molecule has 4 aliphatic rings. The maximum atomic E-state index is 13.3. The van der Waals surface area contributed by atoms with E-state index >= 15 is 0 Å². The molecule has 0 aromatic carbocycles. The highest BCUT2D eigenvalue weighted by Gasteiger charge is 2.60. The zero-order valence-electron chi connectivity index (χ0n) is 15.8. The van der Waals surface area contributed by atoms with Crippen LogP contribution in [-0.2, 0) is 9.59 Å². The first-order valence-corrected chi connectivity index (χ1v) is 9.53. The van der Waals surface area contributed by atoms with Gasteiger partial charge in [-0.15, -0.1) is 0 Å². The van der Waals surface area contributed by atoms with E-state index in [4.69, 9.17) is 0 Å². The van der Waals surface area contributed by atoms with Gasteiger partial charge < -0.3 is 15.5 Å². The van der Waals surface area contributed by atoms with Crippen molar-refractivity contribution in [1.82, 2.24) is 10.3 Å². The Bertz CT molecular complexity index is 714. The van der Waals surface area contributed by atoms with E-state index in [-0.39, 0.29) is 22.8 Å². The van der Waals surface area contributed by atoms with Gasteiger partial charge in [0.1, 0.15) is 5.82 Å². The van der Waals surface area contributed by atoms with Crippen molar-refractivity contribution in [2.45, 2.75) is 51.0 Å². The number of hydrogen-bond donors (Lipinski definition) is 2. The Balaban J connectivity index is 1.54. The number of carbonyl (C=O) groups is 2. The Morgan fingerprint density at radius 2 is 1.85 bits per heavy atom. The van der Waals surface area contributed by atoms with Gasteiger partial charge in [0.2, 0.25) is 11.8 Å². The Hall–Kier alpha value is -2.11. The first-order valence-electron chi connectivity index (χ1n) is 9.53. The van der Waals surface area contributed by atoms with E-state index in [1.807, 2.05) is 31.1 Å². The topological polar surface area (TPSA) is 74.3 Å². The van der Waals surface area contributed by atoms with Crippen molar-refractivity contribution in [3.63, 3.8) is 0 Å². The molecule has 0 saturated heterocycles. The minimum absolute atomic E-state index is 0.0194. The lowest BCUT2D eigenvalue weighted by Crippen LogP contribution is -2.65. The summed E-state index contributed by atoms with van der Waals surface area (Å²) in [6, 6.07) is 3.82. The first-order chi connectivity index (χ1) is 12.3. The monoisotopic (exact) mass is 356 g/mol. The van der Waals surface area contributed by atoms with Gasteiger partial charge in [-0.2, -0.15) is 0 Å². The second-order valence-corrected chi connectivity index (χ2v) is 8.96. The van der Waals surface area contributed by atoms with E-state index in [0.29, 0.717) is 11.8 Å². The summed E-state index contributed by atoms with van der Waals surface area (Å²) in [7, 11) is 3.88. The summed E-state index contributed by atoms with van der Waals surface area (Å²) in [5, 5.41) is 6.32. The van der Waals surface area contributed by atoms with Crippen LogP contribution in [0.5, 0.6) is 0 Å². The largest absolute Gasteiger partial charge is 0.363 e. The summed E-state index contributed by atoms with van der Waals surface area (Å²) in [6.45, 7) is 1.59. The zero-order valence-corrected chi connectivity index (χ0v) is 15.8. The molecule has 5 rings (SSSR count). The third kappa shape index (κ3) is 2.95. The van der Waals surface area contributed by atoms with Crippen LogP contribution in [0.3, 0.4) is 0 Å². The normalized spacial score (nSPS) is 34.4. The quantitative estimate of drug-likeness (QED) is 0.869. The fourth-order valence-electron chi connectivity index (χ4n) is 6.04. The number of aromatic nitrogens is 1. The molecule has 4 saturated carbocycles. The molecular formula is C20H28N4O2. The summed E-state index contributed by atoms with van der Waals surface area (Å²) < 4.78 is 0. The Morgan fingerprint density at radius 3 is 2.38 bits per heavy atom. The van der Waals surface area contributed by atoms with E-state index in [1.54, 1.807) is 13.1 Å². The number of carbonyl (C=O) groups excluding carboxylic acids is 2. The summed E-state index contributed by atoms with van der Waals surface area (Å²) in [4.78, 5) is 31.3. The molecular weight excluding hydrogens is 328 g/mol. The lowest BCUT2D eigenvalue weighted by molar-refractivity contribution is -0.148. The molecule has 1 heterocycles. The van der Waals surface area contributed by atoms with Gasteiger partial charge in [-0.25, -0.2) is 4.98 Å². The van der Waals surface area contributed by atoms with E-state index in [2.05, 4.69) is 15.6 Å². The van der Waals surface area contributed by atoms with Gasteiger partial charge in [-0.3, -0.25) is 9.59 Å². The average molecular weight is 356 g/mol. The Morgan fingerprint density at radius 1 is 1.15 bits per heavy atom. The molecule has 0 radical (unpaired) electrons. The van der Waals surface area contributed by atoms with Gasteiger partial charge in [-0.1, -0.05) is 0 Å². The summed E-state index contributed by atoms with van der Waals surface area (Å²) in [5.74, 6) is 2.07. The van der Waals surface area contributed by atoms with E-state index in [1.165, 1.54) is 6.42 Å².